The largest absolute Gasteiger partial charge is 0.478 e. The number of rotatable bonds is 8. The molecule has 0 unspecified atom stereocenters. The summed E-state index contributed by atoms with van der Waals surface area (Å²) in [6, 6.07) is 1.83. The van der Waals surface area contributed by atoms with Gasteiger partial charge < -0.3 is 15.0 Å². The van der Waals surface area contributed by atoms with E-state index < -0.39 is 0 Å². The van der Waals surface area contributed by atoms with Crippen LogP contribution in [0, 0.1) is 0 Å². The SMILES string of the molecule is CCOc1cc(NCCN(CC)CC)ncn1. The minimum Gasteiger partial charge on any atom is -0.478 e. The fraction of sp³-hybridized carbons (Fsp3) is 0.667. The minimum absolute atomic E-state index is 0.618. The third-order valence-corrected chi connectivity index (χ3v) is 2.56. The van der Waals surface area contributed by atoms with Gasteiger partial charge in [0.2, 0.25) is 5.88 Å². The van der Waals surface area contributed by atoms with Crippen LogP contribution in [0.1, 0.15) is 20.8 Å². The highest BCUT2D eigenvalue weighted by atomic mass is 16.5. The highest BCUT2D eigenvalue weighted by Gasteiger charge is 2.00. The Kier molecular flexibility index (Phi) is 6.32. The summed E-state index contributed by atoms with van der Waals surface area (Å²) in [5.41, 5.74) is 0. The molecule has 0 spiro atoms. The summed E-state index contributed by atoms with van der Waals surface area (Å²) in [6.45, 7) is 10.9. The van der Waals surface area contributed by atoms with E-state index in [1.54, 1.807) is 0 Å². The molecule has 1 aromatic heterocycles. The van der Waals surface area contributed by atoms with Gasteiger partial charge in [-0.05, 0) is 20.0 Å². The van der Waals surface area contributed by atoms with Crippen molar-refractivity contribution in [1.82, 2.24) is 14.9 Å². The van der Waals surface area contributed by atoms with Crippen molar-refractivity contribution >= 4 is 5.82 Å². The van der Waals surface area contributed by atoms with Gasteiger partial charge in [0.1, 0.15) is 12.1 Å². The summed E-state index contributed by atoms with van der Waals surface area (Å²) in [5.74, 6) is 1.43. The Bertz CT molecular complexity index is 315. The van der Waals surface area contributed by atoms with Crippen molar-refractivity contribution in [3.63, 3.8) is 0 Å². The zero-order chi connectivity index (χ0) is 12.5. The number of nitrogens with zero attached hydrogens (tertiary/aromatic N) is 3. The Balaban J connectivity index is 2.38. The number of ether oxygens (including phenoxy) is 1. The number of hydrogen-bond acceptors (Lipinski definition) is 5. The van der Waals surface area contributed by atoms with Crippen molar-refractivity contribution in [2.24, 2.45) is 0 Å². The van der Waals surface area contributed by atoms with E-state index in [9.17, 15) is 0 Å². The molecule has 0 aliphatic rings. The zero-order valence-corrected chi connectivity index (χ0v) is 10.9. The maximum atomic E-state index is 5.31. The molecule has 0 fully saturated rings. The fourth-order valence-electron chi connectivity index (χ4n) is 1.54. The lowest BCUT2D eigenvalue weighted by Gasteiger charge is -2.18. The normalized spacial score (nSPS) is 10.6. The Labute approximate surface area is 103 Å². The molecule has 0 atom stereocenters. The summed E-state index contributed by atoms with van der Waals surface area (Å²) < 4.78 is 5.31. The number of anilines is 1. The molecule has 1 heterocycles. The third kappa shape index (κ3) is 4.99. The topological polar surface area (TPSA) is 50.3 Å². The van der Waals surface area contributed by atoms with E-state index in [1.165, 1.54) is 6.33 Å². The maximum absolute atomic E-state index is 5.31. The molecule has 96 valence electrons. The smallest absolute Gasteiger partial charge is 0.218 e. The summed E-state index contributed by atoms with van der Waals surface area (Å²) in [4.78, 5) is 10.5. The van der Waals surface area contributed by atoms with Crippen LogP contribution in [0.25, 0.3) is 0 Å². The van der Waals surface area contributed by atoms with E-state index in [-0.39, 0.29) is 0 Å². The second kappa shape index (κ2) is 7.84. The van der Waals surface area contributed by atoms with E-state index in [0.717, 1.165) is 32.0 Å². The summed E-state index contributed by atoms with van der Waals surface area (Å²) in [6.07, 6.45) is 1.52. The quantitative estimate of drug-likeness (QED) is 0.746. The molecule has 0 aromatic carbocycles. The molecule has 1 N–H and O–H groups in total. The van der Waals surface area contributed by atoms with Gasteiger partial charge in [0.15, 0.2) is 0 Å². The second-order valence-corrected chi connectivity index (χ2v) is 3.63. The maximum Gasteiger partial charge on any atom is 0.218 e. The van der Waals surface area contributed by atoms with Crippen molar-refractivity contribution in [3.05, 3.63) is 12.4 Å². The molecule has 5 nitrogen and oxygen atoms in total. The zero-order valence-electron chi connectivity index (χ0n) is 10.9. The number of nitrogens with one attached hydrogen (secondary N) is 1. The van der Waals surface area contributed by atoms with E-state index in [4.69, 9.17) is 4.74 Å². The van der Waals surface area contributed by atoms with Crippen molar-refractivity contribution in [2.45, 2.75) is 20.8 Å². The van der Waals surface area contributed by atoms with Crippen LogP contribution in [-0.2, 0) is 0 Å². The number of hydrogen-bond donors (Lipinski definition) is 1. The van der Waals surface area contributed by atoms with Crippen LogP contribution in [0.2, 0.25) is 0 Å². The van der Waals surface area contributed by atoms with Crippen LogP contribution in [0.3, 0.4) is 0 Å². The first-order valence-corrected chi connectivity index (χ1v) is 6.21. The van der Waals surface area contributed by atoms with Crippen molar-refractivity contribution in [1.29, 1.82) is 0 Å². The second-order valence-electron chi connectivity index (χ2n) is 3.63. The van der Waals surface area contributed by atoms with Gasteiger partial charge in [0, 0.05) is 19.2 Å². The Morgan fingerprint density at radius 2 is 2.00 bits per heavy atom. The Hall–Kier alpha value is -1.36. The molecule has 0 aliphatic carbocycles. The summed E-state index contributed by atoms with van der Waals surface area (Å²) >= 11 is 0. The van der Waals surface area contributed by atoms with Gasteiger partial charge in [-0.2, -0.15) is 0 Å². The minimum atomic E-state index is 0.618. The standard InChI is InChI=1S/C12H22N4O/c1-4-16(5-2)8-7-13-11-9-12(17-6-3)15-10-14-11/h9-10H,4-8H2,1-3H3,(H,13,14,15). The Morgan fingerprint density at radius 3 is 2.65 bits per heavy atom. The first kappa shape index (κ1) is 13.7. The monoisotopic (exact) mass is 238 g/mol. The first-order valence-electron chi connectivity index (χ1n) is 6.21. The van der Waals surface area contributed by atoms with Gasteiger partial charge in [-0.1, -0.05) is 13.8 Å². The molecular formula is C12H22N4O. The van der Waals surface area contributed by atoms with Crippen LogP contribution < -0.4 is 10.1 Å². The highest BCUT2D eigenvalue weighted by molar-refractivity contribution is 5.36. The molecule has 5 heteroatoms. The molecule has 1 aromatic rings. The van der Waals surface area contributed by atoms with Crippen LogP contribution >= 0.6 is 0 Å². The molecule has 0 aliphatic heterocycles. The van der Waals surface area contributed by atoms with E-state index >= 15 is 0 Å². The van der Waals surface area contributed by atoms with Gasteiger partial charge in [0.05, 0.1) is 6.61 Å². The van der Waals surface area contributed by atoms with Gasteiger partial charge >= 0.3 is 0 Å². The fourth-order valence-corrected chi connectivity index (χ4v) is 1.54. The molecule has 1 rings (SSSR count). The number of aromatic nitrogens is 2. The van der Waals surface area contributed by atoms with Crippen molar-refractivity contribution in [3.8, 4) is 5.88 Å². The van der Waals surface area contributed by atoms with Crippen LogP contribution in [-0.4, -0.2) is 47.7 Å². The van der Waals surface area contributed by atoms with E-state index in [0.29, 0.717) is 12.5 Å². The van der Waals surface area contributed by atoms with Gasteiger partial charge in [0.25, 0.3) is 0 Å². The van der Waals surface area contributed by atoms with Gasteiger partial charge in [-0.3, -0.25) is 0 Å². The molecule has 0 amide bonds. The summed E-state index contributed by atoms with van der Waals surface area (Å²) in [5, 5.41) is 3.27. The van der Waals surface area contributed by atoms with Crippen LogP contribution in [0.4, 0.5) is 5.82 Å². The highest BCUT2D eigenvalue weighted by Crippen LogP contribution is 2.10. The van der Waals surface area contributed by atoms with Gasteiger partial charge in [-0.15, -0.1) is 0 Å². The Morgan fingerprint density at radius 1 is 1.24 bits per heavy atom. The van der Waals surface area contributed by atoms with E-state index in [2.05, 4.69) is 34.0 Å². The average Bonchev–Trinajstić information content (AvgIpc) is 2.36. The lowest BCUT2D eigenvalue weighted by Crippen LogP contribution is -2.28. The molecule has 0 saturated heterocycles. The van der Waals surface area contributed by atoms with Gasteiger partial charge in [-0.25, -0.2) is 9.97 Å². The average molecular weight is 238 g/mol. The molecule has 17 heavy (non-hydrogen) atoms. The van der Waals surface area contributed by atoms with Crippen LogP contribution in [0.15, 0.2) is 12.4 Å². The van der Waals surface area contributed by atoms with Crippen LogP contribution in [0.5, 0.6) is 5.88 Å². The molecular weight excluding hydrogens is 216 g/mol. The van der Waals surface area contributed by atoms with E-state index in [1.807, 2.05) is 13.0 Å². The number of likely N-dealkylation sites (N-methyl/N-ethyl adjacent to an activating group) is 1. The third-order valence-electron chi connectivity index (χ3n) is 2.56. The lowest BCUT2D eigenvalue weighted by atomic mass is 10.4. The summed E-state index contributed by atoms with van der Waals surface area (Å²) in [7, 11) is 0. The predicted molar refractivity (Wildman–Crippen MR) is 69.5 cm³/mol. The van der Waals surface area contributed by atoms with Crippen molar-refractivity contribution in [2.75, 3.05) is 38.1 Å². The lowest BCUT2D eigenvalue weighted by molar-refractivity contribution is 0.315. The molecule has 0 saturated carbocycles. The molecule has 0 bridgehead atoms. The first-order chi connectivity index (χ1) is 8.30. The predicted octanol–water partition coefficient (Wildman–Crippen LogP) is 1.63. The molecule has 0 radical (unpaired) electrons. The van der Waals surface area contributed by atoms with Crippen molar-refractivity contribution < 1.29 is 4.74 Å².